The first-order valence-corrected chi connectivity index (χ1v) is 13.4. The van der Waals surface area contributed by atoms with Crippen molar-refractivity contribution < 1.29 is 13.6 Å². The number of hydrogen-bond donors (Lipinski definition) is 1. The minimum Gasteiger partial charge on any atom is -0.371 e. The van der Waals surface area contributed by atoms with Gasteiger partial charge in [0.1, 0.15) is 0 Å². The van der Waals surface area contributed by atoms with E-state index < -0.39 is 11.8 Å². The molecule has 3 aliphatic rings. The number of nitrogens with zero attached hydrogens (tertiary/aromatic N) is 3. The lowest BCUT2D eigenvalue weighted by molar-refractivity contribution is -0.0220. The largest absolute Gasteiger partial charge is 0.371 e. The molecule has 1 spiro atoms. The van der Waals surface area contributed by atoms with Crippen LogP contribution >= 0.6 is 15.9 Å². The van der Waals surface area contributed by atoms with Gasteiger partial charge in [-0.3, -0.25) is 4.79 Å². The molecule has 0 unspecified atom stereocenters. The normalized spacial score (nSPS) is 20.6. The molecule has 3 heterocycles. The highest BCUT2D eigenvalue weighted by Crippen LogP contribution is 2.54. The summed E-state index contributed by atoms with van der Waals surface area (Å²) in [5.74, 6) is -3.20. The first kappa shape index (κ1) is 23.6. The zero-order valence-electron chi connectivity index (χ0n) is 20.1. The van der Waals surface area contributed by atoms with Crippen LogP contribution < -0.4 is 15.5 Å². The Morgan fingerprint density at radius 2 is 1.53 bits per heavy atom. The van der Waals surface area contributed by atoms with Gasteiger partial charge in [0.2, 0.25) is 5.91 Å². The van der Waals surface area contributed by atoms with Crippen molar-refractivity contribution in [1.29, 1.82) is 0 Å². The lowest BCUT2D eigenvalue weighted by atomic mass is 9.92. The summed E-state index contributed by atoms with van der Waals surface area (Å²) in [5.41, 5.74) is 11.0. The van der Waals surface area contributed by atoms with Crippen molar-refractivity contribution in [3.05, 3.63) is 52.5 Å². The van der Waals surface area contributed by atoms with Crippen LogP contribution in [0, 0.1) is 5.41 Å². The van der Waals surface area contributed by atoms with Gasteiger partial charge in [0, 0.05) is 65.7 Å². The van der Waals surface area contributed by atoms with Crippen molar-refractivity contribution in [2.45, 2.75) is 44.4 Å². The van der Waals surface area contributed by atoms with Gasteiger partial charge < -0.3 is 15.5 Å². The highest BCUT2D eigenvalue weighted by atomic mass is 79.9. The van der Waals surface area contributed by atoms with Crippen LogP contribution in [0.15, 0.2) is 46.9 Å². The number of alkyl halides is 2. The van der Waals surface area contributed by atoms with E-state index in [0.717, 1.165) is 39.9 Å². The molecule has 2 saturated heterocycles. The SMILES string of the molecule is NC(=O)c1cc(N2CCC(F)(F)CC2)c2nc(-c3ccc(Br)cc3N3CCC4(CC3)CC4)ccc2c1. The molecule has 8 heteroatoms. The number of benzene rings is 2. The van der Waals surface area contributed by atoms with E-state index in [1.165, 1.54) is 25.7 Å². The summed E-state index contributed by atoms with van der Waals surface area (Å²) in [6, 6.07) is 13.6. The molecule has 2 aromatic carbocycles. The summed E-state index contributed by atoms with van der Waals surface area (Å²) in [7, 11) is 0. The topological polar surface area (TPSA) is 62.5 Å². The van der Waals surface area contributed by atoms with Crippen molar-refractivity contribution in [1.82, 2.24) is 4.98 Å². The summed E-state index contributed by atoms with van der Waals surface area (Å²) in [6.45, 7) is 2.48. The molecule has 1 aromatic heterocycles. The number of anilines is 2. The molecule has 6 rings (SSSR count). The number of pyridine rings is 1. The van der Waals surface area contributed by atoms with E-state index in [1.54, 1.807) is 12.1 Å². The fourth-order valence-electron chi connectivity index (χ4n) is 5.71. The van der Waals surface area contributed by atoms with Gasteiger partial charge in [0.15, 0.2) is 0 Å². The van der Waals surface area contributed by atoms with E-state index in [1.807, 2.05) is 23.1 Å². The standard InChI is InChI=1S/C28H29BrF2N4O/c29-20-2-3-21(23(17-20)34-11-7-27(5-6-27)8-12-34)22-4-1-18-15-19(26(32)36)16-24(25(18)33-22)35-13-9-28(30,31)10-14-35/h1-4,15-17H,5-14H2,(H2,32,36). The van der Waals surface area contributed by atoms with Crippen molar-refractivity contribution in [2.75, 3.05) is 36.0 Å². The summed E-state index contributed by atoms with van der Waals surface area (Å²) >= 11 is 3.65. The molecule has 188 valence electrons. The second-order valence-electron chi connectivity index (χ2n) is 10.6. The summed E-state index contributed by atoms with van der Waals surface area (Å²) in [4.78, 5) is 21.5. The Bertz CT molecular complexity index is 1340. The summed E-state index contributed by atoms with van der Waals surface area (Å²) in [6.07, 6.45) is 4.73. The minimum atomic E-state index is -2.66. The maximum atomic E-state index is 13.9. The van der Waals surface area contributed by atoms with E-state index in [0.29, 0.717) is 22.2 Å². The number of aromatic nitrogens is 1. The van der Waals surface area contributed by atoms with Gasteiger partial charge in [-0.15, -0.1) is 0 Å². The van der Waals surface area contributed by atoms with Crippen molar-refractivity contribution >= 4 is 44.1 Å². The number of halogens is 3. The number of rotatable bonds is 4. The molecule has 2 aliphatic heterocycles. The number of amides is 1. The number of nitrogens with two attached hydrogens (primary N) is 1. The second-order valence-corrected chi connectivity index (χ2v) is 11.5. The number of carbonyl (C=O) groups excluding carboxylic acids is 1. The number of fused-ring (bicyclic) bond motifs is 1. The highest BCUT2D eigenvalue weighted by Gasteiger charge is 2.44. The highest BCUT2D eigenvalue weighted by molar-refractivity contribution is 9.10. The van der Waals surface area contributed by atoms with Crippen LogP contribution in [0.25, 0.3) is 22.2 Å². The smallest absolute Gasteiger partial charge is 0.251 e. The number of piperidine rings is 2. The molecule has 3 aromatic rings. The second kappa shape index (κ2) is 8.68. The molecular formula is C28H29BrF2N4O. The lowest BCUT2D eigenvalue weighted by Crippen LogP contribution is -2.39. The predicted octanol–water partition coefficient (Wildman–Crippen LogP) is 6.38. The van der Waals surface area contributed by atoms with E-state index in [4.69, 9.17) is 10.7 Å². The molecule has 2 N–H and O–H groups in total. The number of primary amides is 1. The molecule has 1 aliphatic carbocycles. The van der Waals surface area contributed by atoms with Crippen molar-refractivity contribution in [3.63, 3.8) is 0 Å². The van der Waals surface area contributed by atoms with Crippen LogP contribution in [-0.2, 0) is 0 Å². The molecule has 36 heavy (non-hydrogen) atoms. The first-order chi connectivity index (χ1) is 17.2. The maximum absolute atomic E-state index is 13.9. The molecule has 0 atom stereocenters. The predicted molar refractivity (Wildman–Crippen MR) is 143 cm³/mol. The lowest BCUT2D eigenvalue weighted by Gasteiger charge is -2.35. The molecule has 5 nitrogen and oxygen atoms in total. The average Bonchev–Trinajstić information content (AvgIpc) is 3.62. The Hall–Kier alpha value is -2.74. The molecule has 3 fully saturated rings. The Morgan fingerprint density at radius 1 is 0.861 bits per heavy atom. The van der Waals surface area contributed by atoms with Gasteiger partial charge in [0.05, 0.1) is 16.9 Å². The van der Waals surface area contributed by atoms with Gasteiger partial charge in [0.25, 0.3) is 5.92 Å². The molecular weight excluding hydrogens is 526 g/mol. The fraction of sp³-hybridized carbons (Fsp3) is 0.429. The average molecular weight is 555 g/mol. The van der Waals surface area contributed by atoms with Gasteiger partial charge >= 0.3 is 0 Å². The van der Waals surface area contributed by atoms with Crippen LogP contribution in [0.2, 0.25) is 0 Å². The Kier molecular flexibility index (Phi) is 5.70. The van der Waals surface area contributed by atoms with Crippen LogP contribution in [0.3, 0.4) is 0 Å². The Morgan fingerprint density at radius 3 is 2.19 bits per heavy atom. The monoisotopic (exact) mass is 554 g/mol. The van der Waals surface area contributed by atoms with Crippen LogP contribution in [0.1, 0.15) is 48.9 Å². The van der Waals surface area contributed by atoms with Gasteiger partial charge in [-0.05, 0) is 67.5 Å². The molecule has 0 radical (unpaired) electrons. The molecule has 0 bridgehead atoms. The van der Waals surface area contributed by atoms with Crippen molar-refractivity contribution in [3.8, 4) is 11.3 Å². The zero-order valence-corrected chi connectivity index (χ0v) is 21.7. The van der Waals surface area contributed by atoms with Gasteiger partial charge in [-0.2, -0.15) is 0 Å². The van der Waals surface area contributed by atoms with Crippen LogP contribution in [0.4, 0.5) is 20.2 Å². The Labute approximate surface area is 217 Å². The first-order valence-electron chi connectivity index (χ1n) is 12.6. The van der Waals surface area contributed by atoms with E-state index in [2.05, 4.69) is 33.0 Å². The van der Waals surface area contributed by atoms with E-state index in [9.17, 15) is 13.6 Å². The van der Waals surface area contributed by atoms with E-state index in [-0.39, 0.29) is 25.9 Å². The summed E-state index contributed by atoms with van der Waals surface area (Å²) < 4.78 is 28.8. The zero-order chi connectivity index (χ0) is 25.1. The van der Waals surface area contributed by atoms with E-state index >= 15 is 0 Å². The van der Waals surface area contributed by atoms with Crippen LogP contribution in [-0.4, -0.2) is 43.0 Å². The van der Waals surface area contributed by atoms with Gasteiger partial charge in [-0.25, -0.2) is 13.8 Å². The molecule has 1 amide bonds. The third kappa shape index (κ3) is 4.44. The van der Waals surface area contributed by atoms with Crippen LogP contribution in [0.5, 0.6) is 0 Å². The summed E-state index contributed by atoms with van der Waals surface area (Å²) in [5, 5.41) is 0.773. The molecule has 1 saturated carbocycles. The maximum Gasteiger partial charge on any atom is 0.251 e. The fourth-order valence-corrected chi connectivity index (χ4v) is 6.06. The quantitative estimate of drug-likeness (QED) is 0.406. The third-order valence-electron chi connectivity index (χ3n) is 8.25. The third-order valence-corrected chi connectivity index (χ3v) is 8.74. The Balaban J connectivity index is 1.42. The minimum absolute atomic E-state index is 0.204. The number of hydrogen-bond acceptors (Lipinski definition) is 4. The van der Waals surface area contributed by atoms with Gasteiger partial charge in [-0.1, -0.05) is 22.0 Å². The van der Waals surface area contributed by atoms with Crippen molar-refractivity contribution in [2.24, 2.45) is 11.1 Å². The number of carbonyl (C=O) groups is 1.